The third kappa shape index (κ3) is 5.18. The van der Waals surface area contributed by atoms with E-state index in [1.807, 2.05) is 0 Å². The number of allylic oxidation sites excluding steroid dienone is 1. The van der Waals surface area contributed by atoms with Gasteiger partial charge in [0.2, 0.25) is 0 Å². The molecule has 0 saturated heterocycles. The third-order valence-electron chi connectivity index (χ3n) is 1.88. The highest BCUT2D eigenvalue weighted by molar-refractivity contribution is 6.42. The largest absolute Gasteiger partial charge is 0.426 e. The predicted octanol–water partition coefficient (Wildman–Crippen LogP) is 4.97. The Morgan fingerprint density at radius 2 is 1.74 bits per heavy atom. The number of hydrogen-bond acceptors (Lipinski definition) is 1. The van der Waals surface area contributed by atoms with Gasteiger partial charge in [0.25, 0.3) is 0 Å². The Balaban J connectivity index is 2.80. The second-order valence-corrected chi connectivity index (χ2v) is 4.53. The van der Waals surface area contributed by atoms with Crippen molar-refractivity contribution >= 4 is 52.9 Å². The Kier molecular flexibility index (Phi) is 5.34. The molecule has 9 heteroatoms. The highest BCUT2D eigenvalue weighted by Crippen LogP contribution is 2.30. The normalized spacial score (nSPS) is 12.2. The van der Waals surface area contributed by atoms with Crippen LogP contribution in [0.4, 0.5) is 23.7 Å². The van der Waals surface area contributed by atoms with E-state index < -0.39 is 17.2 Å². The van der Waals surface area contributed by atoms with Crippen molar-refractivity contribution in [2.45, 2.75) is 6.18 Å². The number of hydrogen-bond donors (Lipinski definition) is 1. The van der Waals surface area contributed by atoms with Gasteiger partial charge in [-0.05, 0) is 23.8 Å². The van der Waals surface area contributed by atoms with Gasteiger partial charge < -0.3 is 5.32 Å². The summed E-state index contributed by atoms with van der Waals surface area (Å²) in [6, 6.07) is 4.65. The number of alkyl halides is 3. The van der Waals surface area contributed by atoms with Crippen LogP contribution in [0, 0.1) is 0 Å². The van der Waals surface area contributed by atoms with E-state index in [1.165, 1.54) is 24.3 Å². The van der Waals surface area contributed by atoms with Gasteiger partial charge in [-0.15, -0.1) is 3.94 Å². The highest BCUT2D eigenvalue weighted by Gasteiger charge is 2.32. The molecule has 3 nitrogen and oxygen atoms in total. The van der Waals surface area contributed by atoms with Gasteiger partial charge in [-0.3, -0.25) is 0 Å². The summed E-state index contributed by atoms with van der Waals surface area (Å²) in [6.45, 7) is 0. The quantitative estimate of drug-likeness (QED) is 0.761. The van der Waals surface area contributed by atoms with E-state index in [0.717, 1.165) is 6.08 Å². The molecule has 0 aromatic heterocycles. The zero-order valence-electron chi connectivity index (χ0n) is 9.01. The molecule has 0 heterocycles. The van der Waals surface area contributed by atoms with E-state index in [2.05, 4.69) is 5.32 Å². The van der Waals surface area contributed by atoms with Crippen LogP contribution in [0.2, 0.25) is 0 Å². The van der Waals surface area contributed by atoms with Gasteiger partial charge in [-0.1, -0.05) is 23.7 Å². The molecule has 0 aliphatic rings. The van der Waals surface area contributed by atoms with Crippen LogP contribution in [0.1, 0.15) is 5.56 Å². The van der Waals surface area contributed by atoms with E-state index in [4.69, 9.17) is 35.2 Å². The molecule has 0 spiro atoms. The van der Waals surface area contributed by atoms with Crippen LogP contribution >= 0.6 is 35.2 Å². The van der Waals surface area contributed by atoms with Gasteiger partial charge >= 0.3 is 12.2 Å². The molecule has 0 radical (unpaired) electrons. The van der Waals surface area contributed by atoms with Gasteiger partial charge in [0.15, 0.2) is 0 Å². The van der Waals surface area contributed by atoms with Crippen molar-refractivity contribution in [3.63, 3.8) is 0 Å². The van der Waals surface area contributed by atoms with Crippen molar-refractivity contribution < 1.29 is 18.0 Å². The fraction of sp³-hybridized carbons (Fsp3) is 0.100. The lowest BCUT2D eigenvalue weighted by molar-refractivity contribution is -0.0836. The molecule has 0 saturated carbocycles. The molecule has 0 unspecified atom stereocenters. The van der Waals surface area contributed by atoms with Crippen LogP contribution in [0.25, 0.3) is 6.08 Å². The number of nitrogens with zero attached hydrogens (tertiary/aromatic N) is 1. The molecule has 0 aliphatic heterocycles. The lowest BCUT2D eigenvalue weighted by Gasteiger charge is -2.07. The highest BCUT2D eigenvalue weighted by atomic mass is 35.5. The molecular weight excluding hydrogens is 327 g/mol. The number of nitrogens with one attached hydrogen (secondary N) is 1. The minimum atomic E-state index is -4.59. The number of halogens is 6. The summed E-state index contributed by atoms with van der Waals surface area (Å²) in [5.41, 5.74) is 0.547. The van der Waals surface area contributed by atoms with Gasteiger partial charge in [0, 0.05) is 29.2 Å². The molecule has 0 bridgehead atoms. The molecule has 0 fully saturated rings. The maximum Gasteiger partial charge on any atom is 0.426 e. The summed E-state index contributed by atoms with van der Waals surface area (Å²) in [7, 11) is 0. The molecule has 19 heavy (non-hydrogen) atoms. The second kappa shape index (κ2) is 6.36. The fourth-order valence-corrected chi connectivity index (χ4v) is 1.27. The first-order valence-electron chi connectivity index (χ1n) is 4.67. The van der Waals surface area contributed by atoms with E-state index in [9.17, 15) is 18.0 Å². The Bertz CT molecular complexity index is 486. The van der Waals surface area contributed by atoms with Crippen LogP contribution in [0.5, 0.6) is 0 Å². The molecule has 0 atom stereocenters. The molecule has 1 aromatic rings. The second-order valence-electron chi connectivity index (χ2n) is 3.28. The standard InChI is InChI=1S/C10H6Cl3F3N2O/c11-8(10(14,15)16)5-6-1-3-7(4-2-6)17-9(19)18(12)13/h1-5H,(H,17,19). The molecule has 104 valence electrons. The van der Waals surface area contributed by atoms with Gasteiger partial charge in [0.1, 0.15) is 5.03 Å². The minimum absolute atomic E-state index is 0.230. The van der Waals surface area contributed by atoms with Crippen LogP contribution in [-0.2, 0) is 0 Å². The van der Waals surface area contributed by atoms with E-state index in [1.54, 1.807) is 0 Å². The van der Waals surface area contributed by atoms with Crippen LogP contribution in [0.15, 0.2) is 29.3 Å². The Labute approximate surface area is 121 Å². The van der Waals surface area contributed by atoms with Crippen molar-refractivity contribution in [2.75, 3.05) is 5.32 Å². The Morgan fingerprint density at radius 3 is 2.16 bits per heavy atom. The van der Waals surface area contributed by atoms with E-state index in [0.29, 0.717) is 5.69 Å². The van der Waals surface area contributed by atoms with Crippen molar-refractivity contribution in [3.05, 3.63) is 34.9 Å². The van der Waals surface area contributed by atoms with Crippen molar-refractivity contribution in [1.29, 1.82) is 0 Å². The van der Waals surface area contributed by atoms with Crippen LogP contribution in [-0.4, -0.2) is 16.1 Å². The molecule has 1 N–H and O–H groups in total. The number of anilines is 1. The molecule has 1 aromatic carbocycles. The van der Waals surface area contributed by atoms with Gasteiger partial charge in [-0.2, -0.15) is 13.2 Å². The number of benzene rings is 1. The lowest BCUT2D eigenvalue weighted by Crippen LogP contribution is -2.18. The summed E-state index contributed by atoms with van der Waals surface area (Å²) < 4.78 is 36.8. The molecule has 0 aliphatic carbocycles. The number of carbonyl (C=O) groups is 1. The fourth-order valence-electron chi connectivity index (χ4n) is 1.06. The summed E-state index contributed by atoms with van der Waals surface area (Å²) >= 11 is 15.4. The topological polar surface area (TPSA) is 32.3 Å². The summed E-state index contributed by atoms with van der Waals surface area (Å²) in [5, 5.41) is 1.06. The van der Waals surface area contributed by atoms with Gasteiger partial charge in [-0.25, -0.2) is 4.79 Å². The molecule has 2 amide bonds. The number of carbonyl (C=O) groups excluding carboxylic acids is 1. The first-order chi connectivity index (χ1) is 8.70. The minimum Gasteiger partial charge on any atom is -0.306 e. The van der Waals surface area contributed by atoms with Crippen molar-refractivity contribution in [2.24, 2.45) is 0 Å². The van der Waals surface area contributed by atoms with Crippen LogP contribution < -0.4 is 5.32 Å². The summed E-state index contributed by atoms with van der Waals surface area (Å²) in [5.74, 6) is 0. The number of rotatable bonds is 2. The maximum absolute atomic E-state index is 12.2. The summed E-state index contributed by atoms with van der Waals surface area (Å²) in [6.07, 6.45) is -3.82. The number of amides is 2. The summed E-state index contributed by atoms with van der Waals surface area (Å²) in [4.78, 5) is 11.1. The first-order valence-corrected chi connectivity index (χ1v) is 5.72. The molecule has 1 rings (SSSR count). The third-order valence-corrected chi connectivity index (χ3v) is 2.51. The van der Waals surface area contributed by atoms with Gasteiger partial charge in [0.05, 0.1) is 0 Å². The lowest BCUT2D eigenvalue weighted by atomic mass is 10.2. The average Bonchev–Trinajstić information content (AvgIpc) is 2.30. The van der Waals surface area contributed by atoms with Crippen molar-refractivity contribution in [3.8, 4) is 0 Å². The smallest absolute Gasteiger partial charge is 0.306 e. The zero-order valence-corrected chi connectivity index (χ0v) is 11.3. The maximum atomic E-state index is 12.2. The first kappa shape index (κ1) is 15.9. The molecular formula is C10H6Cl3F3N2O. The monoisotopic (exact) mass is 332 g/mol. The zero-order chi connectivity index (χ0) is 14.6. The number of urea groups is 1. The SMILES string of the molecule is O=C(Nc1ccc(C=C(Cl)C(F)(F)F)cc1)N(Cl)Cl. The Hall–Kier alpha value is -1.11. The predicted molar refractivity (Wildman–Crippen MR) is 68.9 cm³/mol. The van der Waals surface area contributed by atoms with E-state index >= 15 is 0 Å². The van der Waals surface area contributed by atoms with Crippen molar-refractivity contribution in [1.82, 2.24) is 3.94 Å². The average molecular weight is 334 g/mol. The Morgan fingerprint density at radius 1 is 1.21 bits per heavy atom. The van der Waals surface area contributed by atoms with Crippen LogP contribution in [0.3, 0.4) is 0 Å². The van der Waals surface area contributed by atoms with E-state index in [-0.39, 0.29) is 9.50 Å².